The van der Waals surface area contributed by atoms with Crippen molar-refractivity contribution in [3.63, 3.8) is 0 Å². The molecule has 3 aromatic rings. The first-order valence-corrected chi connectivity index (χ1v) is 9.49. The van der Waals surface area contributed by atoms with E-state index in [0.717, 1.165) is 0 Å². The van der Waals surface area contributed by atoms with Crippen LogP contribution in [0.4, 0.5) is 5.69 Å². The number of rotatable bonds is 5. The van der Waals surface area contributed by atoms with Crippen molar-refractivity contribution in [2.24, 2.45) is 5.10 Å². The molecule has 4 rings (SSSR count). The van der Waals surface area contributed by atoms with E-state index in [1.807, 2.05) is 12.1 Å². The molecule has 1 amide bonds. The number of aromatic hydroxyl groups is 2. The van der Waals surface area contributed by atoms with E-state index in [2.05, 4.69) is 10.4 Å². The molecule has 8 heteroatoms. The van der Waals surface area contributed by atoms with E-state index in [4.69, 9.17) is 9.47 Å². The van der Waals surface area contributed by atoms with Gasteiger partial charge in [-0.25, -0.2) is 5.01 Å². The lowest BCUT2D eigenvalue weighted by molar-refractivity contribution is 0.0691. The third-order valence-electron chi connectivity index (χ3n) is 4.96. The number of anilines is 1. The van der Waals surface area contributed by atoms with E-state index in [-0.39, 0.29) is 23.2 Å². The van der Waals surface area contributed by atoms with Crippen LogP contribution in [0.5, 0.6) is 23.0 Å². The van der Waals surface area contributed by atoms with Gasteiger partial charge in [-0.1, -0.05) is 18.2 Å². The highest BCUT2D eigenvalue weighted by molar-refractivity contribution is 6.02. The van der Waals surface area contributed by atoms with Crippen LogP contribution in [-0.2, 0) is 0 Å². The Kier molecular flexibility index (Phi) is 5.36. The van der Waals surface area contributed by atoms with Gasteiger partial charge in [0, 0.05) is 11.3 Å². The van der Waals surface area contributed by atoms with Crippen molar-refractivity contribution >= 4 is 17.8 Å². The molecule has 0 aromatic heterocycles. The zero-order chi connectivity index (χ0) is 22.0. The standard InChI is InChI=1S/C23H21N3O5/c1-30-20-11-14(7-9-18(20)27)13-24-26-22(15-8-10-19(28)21(12-15)31-2)25-17-6-4-3-5-16(17)23(26)29/h3-13,22,25,27-28H,1-2H3/b24-13+. The van der Waals surface area contributed by atoms with Gasteiger partial charge in [0.15, 0.2) is 29.2 Å². The average molecular weight is 419 g/mol. The Morgan fingerprint density at radius 1 is 0.968 bits per heavy atom. The number of benzene rings is 3. The molecule has 3 N–H and O–H groups in total. The number of hydrogen-bond donors (Lipinski definition) is 3. The second kappa shape index (κ2) is 8.27. The molecule has 3 aromatic carbocycles. The van der Waals surface area contributed by atoms with Crippen molar-refractivity contribution in [3.8, 4) is 23.0 Å². The van der Waals surface area contributed by atoms with Crippen LogP contribution in [0, 0.1) is 0 Å². The lowest BCUT2D eigenvalue weighted by atomic mass is 10.0. The number of nitrogens with one attached hydrogen (secondary N) is 1. The summed E-state index contributed by atoms with van der Waals surface area (Å²) in [4.78, 5) is 13.2. The van der Waals surface area contributed by atoms with E-state index in [1.165, 1.54) is 37.6 Å². The lowest BCUT2D eigenvalue weighted by Gasteiger charge is -2.34. The second-order valence-corrected chi connectivity index (χ2v) is 6.85. The van der Waals surface area contributed by atoms with E-state index in [0.29, 0.717) is 28.1 Å². The Bertz CT molecular complexity index is 1160. The summed E-state index contributed by atoms with van der Waals surface area (Å²) < 4.78 is 10.3. The molecule has 0 saturated carbocycles. The van der Waals surface area contributed by atoms with E-state index < -0.39 is 6.17 Å². The van der Waals surface area contributed by atoms with Crippen LogP contribution in [0.25, 0.3) is 0 Å². The molecule has 0 fully saturated rings. The number of phenolic OH excluding ortho intramolecular Hbond substituents is 2. The highest BCUT2D eigenvalue weighted by Crippen LogP contribution is 2.36. The van der Waals surface area contributed by atoms with Gasteiger partial charge in [-0.2, -0.15) is 5.10 Å². The van der Waals surface area contributed by atoms with Crippen LogP contribution in [0.1, 0.15) is 27.7 Å². The van der Waals surface area contributed by atoms with Crippen LogP contribution in [0.2, 0.25) is 0 Å². The number of phenols is 2. The SMILES string of the molecule is COc1cc(/C=N/N2C(=O)c3ccccc3NC2c2ccc(O)c(OC)c2)ccc1O. The number of hydrazone groups is 1. The monoisotopic (exact) mass is 419 g/mol. The summed E-state index contributed by atoms with van der Waals surface area (Å²) in [6.07, 6.45) is 0.882. The number of methoxy groups -OCH3 is 2. The first-order valence-electron chi connectivity index (χ1n) is 9.49. The van der Waals surface area contributed by atoms with E-state index in [1.54, 1.807) is 36.4 Å². The predicted molar refractivity (Wildman–Crippen MR) is 116 cm³/mol. The van der Waals surface area contributed by atoms with Crippen LogP contribution in [-0.4, -0.2) is 41.6 Å². The van der Waals surface area contributed by atoms with Crippen molar-refractivity contribution < 1.29 is 24.5 Å². The number of ether oxygens (including phenoxy) is 2. The van der Waals surface area contributed by atoms with Crippen molar-refractivity contribution in [2.75, 3.05) is 19.5 Å². The summed E-state index contributed by atoms with van der Waals surface area (Å²) in [5.74, 6) is 0.321. The summed E-state index contributed by atoms with van der Waals surface area (Å²) in [5.41, 5.74) is 2.49. The zero-order valence-electron chi connectivity index (χ0n) is 16.9. The van der Waals surface area contributed by atoms with Gasteiger partial charge < -0.3 is 25.0 Å². The molecule has 1 unspecified atom stereocenters. The highest BCUT2D eigenvalue weighted by atomic mass is 16.5. The van der Waals surface area contributed by atoms with Gasteiger partial charge in [0.25, 0.3) is 5.91 Å². The fourth-order valence-corrected chi connectivity index (χ4v) is 3.36. The molecule has 0 spiro atoms. The lowest BCUT2D eigenvalue weighted by Crippen LogP contribution is -2.39. The molecule has 158 valence electrons. The fourth-order valence-electron chi connectivity index (χ4n) is 3.36. The first kappa shape index (κ1) is 20.1. The highest BCUT2D eigenvalue weighted by Gasteiger charge is 2.33. The number of carbonyl (C=O) groups is 1. The van der Waals surface area contributed by atoms with Crippen LogP contribution in [0.15, 0.2) is 65.8 Å². The zero-order valence-corrected chi connectivity index (χ0v) is 16.9. The van der Waals surface area contributed by atoms with Gasteiger partial charge in [-0.15, -0.1) is 0 Å². The molecule has 31 heavy (non-hydrogen) atoms. The minimum atomic E-state index is -0.632. The summed E-state index contributed by atoms with van der Waals surface area (Å²) in [7, 11) is 2.92. The average Bonchev–Trinajstić information content (AvgIpc) is 2.79. The number of carbonyl (C=O) groups excluding carboxylic acids is 1. The third kappa shape index (κ3) is 3.83. The smallest absolute Gasteiger partial charge is 0.278 e. The molecule has 1 aliphatic heterocycles. The summed E-state index contributed by atoms with van der Waals surface area (Å²) in [5, 5.41) is 28.8. The molecule has 1 heterocycles. The normalized spacial score (nSPS) is 15.5. The maximum Gasteiger partial charge on any atom is 0.278 e. The number of fused-ring (bicyclic) bond motifs is 1. The van der Waals surface area contributed by atoms with Crippen LogP contribution in [0.3, 0.4) is 0 Å². The Labute approximate surface area is 179 Å². The summed E-state index contributed by atoms with van der Waals surface area (Å²) >= 11 is 0. The molecule has 0 saturated heterocycles. The van der Waals surface area contributed by atoms with Crippen molar-refractivity contribution in [3.05, 3.63) is 77.4 Å². The third-order valence-corrected chi connectivity index (χ3v) is 4.96. The van der Waals surface area contributed by atoms with E-state index in [9.17, 15) is 15.0 Å². The van der Waals surface area contributed by atoms with Gasteiger partial charge in [0.05, 0.1) is 26.0 Å². The van der Waals surface area contributed by atoms with Crippen LogP contribution < -0.4 is 14.8 Å². The largest absolute Gasteiger partial charge is 0.504 e. The minimum Gasteiger partial charge on any atom is -0.504 e. The summed E-state index contributed by atoms with van der Waals surface area (Å²) in [6.45, 7) is 0. The molecule has 0 radical (unpaired) electrons. The van der Waals surface area contributed by atoms with E-state index >= 15 is 0 Å². The Balaban J connectivity index is 1.75. The van der Waals surface area contributed by atoms with Crippen LogP contribution >= 0.6 is 0 Å². The maximum atomic E-state index is 13.2. The molecule has 1 aliphatic rings. The predicted octanol–water partition coefficient (Wildman–Crippen LogP) is 3.72. The second-order valence-electron chi connectivity index (χ2n) is 6.85. The molecule has 1 atom stereocenters. The van der Waals surface area contributed by atoms with Crippen molar-refractivity contribution in [2.45, 2.75) is 6.17 Å². The topological polar surface area (TPSA) is 104 Å². The number of para-hydroxylation sites is 1. The molecule has 0 aliphatic carbocycles. The molecular weight excluding hydrogens is 398 g/mol. The van der Waals surface area contributed by atoms with Gasteiger partial charge in [-0.05, 0) is 48.0 Å². The summed E-state index contributed by atoms with van der Waals surface area (Å²) in [6, 6.07) is 16.8. The van der Waals surface area contributed by atoms with Gasteiger partial charge >= 0.3 is 0 Å². The Morgan fingerprint density at radius 2 is 1.65 bits per heavy atom. The molecule has 8 nitrogen and oxygen atoms in total. The van der Waals surface area contributed by atoms with Gasteiger partial charge in [0.2, 0.25) is 0 Å². The first-order chi connectivity index (χ1) is 15.0. The fraction of sp³-hybridized carbons (Fsp3) is 0.130. The Hall–Kier alpha value is -4.20. The molecular formula is C23H21N3O5. The minimum absolute atomic E-state index is 0.0000238. The van der Waals surface area contributed by atoms with Crippen molar-refractivity contribution in [1.82, 2.24) is 5.01 Å². The number of nitrogens with zero attached hydrogens (tertiary/aromatic N) is 2. The van der Waals surface area contributed by atoms with Gasteiger partial charge in [-0.3, -0.25) is 4.79 Å². The quantitative estimate of drug-likeness (QED) is 0.545. The van der Waals surface area contributed by atoms with Gasteiger partial charge in [0.1, 0.15) is 0 Å². The van der Waals surface area contributed by atoms with Crippen molar-refractivity contribution in [1.29, 1.82) is 0 Å². The molecule has 0 bridgehead atoms. The Morgan fingerprint density at radius 3 is 2.39 bits per heavy atom. The maximum absolute atomic E-state index is 13.2. The number of hydrogen-bond acceptors (Lipinski definition) is 7. The number of amides is 1.